The minimum atomic E-state index is -2.85. The van der Waals surface area contributed by atoms with E-state index in [9.17, 15) is 0 Å². The van der Waals surface area contributed by atoms with Gasteiger partial charge in [0.15, 0.2) is 8.07 Å². The van der Waals surface area contributed by atoms with Crippen LogP contribution in [0.1, 0.15) is 93.9 Å². The predicted octanol–water partition coefficient (Wildman–Crippen LogP) is 16.4. The van der Waals surface area contributed by atoms with Gasteiger partial charge in [-0.2, -0.15) is 0 Å². The van der Waals surface area contributed by atoms with Gasteiger partial charge in [-0.1, -0.05) is 202 Å². The molecule has 0 aromatic heterocycles. The number of hydrogen-bond donors (Lipinski definition) is 0. The van der Waals surface area contributed by atoms with E-state index in [1.165, 1.54) is 135 Å². The van der Waals surface area contributed by atoms with E-state index in [2.05, 4.69) is 254 Å². The minimum Gasteiger partial charge on any atom is -0.310 e. The van der Waals surface area contributed by atoms with Crippen molar-refractivity contribution in [3.05, 3.63) is 253 Å². The first kappa shape index (κ1) is 46.9. The van der Waals surface area contributed by atoms with E-state index >= 15 is 0 Å². The number of hydrogen-bond acceptors (Lipinski definition) is 2. The van der Waals surface area contributed by atoms with Crippen LogP contribution in [0, 0.1) is 47.3 Å². The van der Waals surface area contributed by atoms with Gasteiger partial charge < -0.3 is 9.80 Å². The molecule has 17 rings (SSSR count). The summed E-state index contributed by atoms with van der Waals surface area (Å²) >= 11 is 0. The van der Waals surface area contributed by atoms with E-state index in [4.69, 9.17) is 0 Å². The second kappa shape index (κ2) is 17.9. The van der Waals surface area contributed by atoms with Crippen LogP contribution in [-0.4, -0.2) is 8.07 Å². The van der Waals surface area contributed by atoms with Crippen LogP contribution in [-0.2, 0) is 10.8 Å². The molecule has 8 aliphatic rings. The summed E-state index contributed by atoms with van der Waals surface area (Å²) in [4.78, 5) is 5.39. The number of rotatable bonds is 7. The van der Waals surface area contributed by atoms with Crippen molar-refractivity contribution in [1.82, 2.24) is 0 Å². The number of anilines is 6. The first-order chi connectivity index (χ1) is 38.4. The quantitative estimate of drug-likeness (QED) is 0.116. The molecule has 0 radical (unpaired) electrons. The maximum atomic E-state index is 2.70. The van der Waals surface area contributed by atoms with Crippen molar-refractivity contribution in [3.63, 3.8) is 0 Å². The molecule has 2 aliphatic heterocycles. The summed E-state index contributed by atoms with van der Waals surface area (Å²) in [6, 6.07) is 90.4. The van der Waals surface area contributed by atoms with Crippen molar-refractivity contribution >= 4 is 62.9 Å². The van der Waals surface area contributed by atoms with E-state index in [1.807, 2.05) is 0 Å². The molecule has 384 valence electrons. The Balaban J connectivity index is 0.952. The van der Waals surface area contributed by atoms with Crippen LogP contribution in [0.4, 0.5) is 34.1 Å². The molecular weight excluding hydrogens is 957 g/mol. The fraction of sp³-hybridized carbons (Fsp3) is 0.280. The molecule has 9 aromatic rings. The molecule has 0 saturated heterocycles. The second-order valence-corrected chi connectivity index (χ2v) is 29.3. The molecule has 0 amide bonds. The highest BCUT2D eigenvalue weighted by Crippen LogP contribution is 2.70. The molecule has 6 fully saturated rings. The Labute approximate surface area is 463 Å². The Morgan fingerprint density at radius 1 is 0.321 bits per heavy atom. The zero-order chi connectivity index (χ0) is 51.7. The lowest BCUT2D eigenvalue weighted by Crippen LogP contribution is -2.74. The average Bonchev–Trinajstić information content (AvgIpc) is 3.22. The van der Waals surface area contributed by atoms with Gasteiger partial charge in [-0.25, -0.2) is 0 Å². The first-order valence-corrected chi connectivity index (χ1v) is 31.8. The van der Waals surface area contributed by atoms with E-state index in [1.54, 1.807) is 11.1 Å². The summed E-state index contributed by atoms with van der Waals surface area (Å²) in [6.45, 7) is 5.14. The summed E-state index contributed by atoms with van der Waals surface area (Å²) in [5.74, 6) is 5.79. The van der Waals surface area contributed by atoms with E-state index in [0.717, 1.165) is 23.7 Å². The van der Waals surface area contributed by atoms with E-state index in [0.29, 0.717) is 23.7 Å². The molecule has 6 aliphatic carbocycles. The molecular formula is C75H70N2Si. The molecule has 2 heterocycles. The van der Waals surface area contributed by atoms with Gasteiger partial charge in [-0.3, -0.25) is 0 Å². The summed E-state index contributed by atoms with van der Waals surface area (Å²) in [6.07, 6.45) is 12.2. The van der Waals surface area contributed by atoms with Crippen LogP contribution in [0.25, 0.3) is 11.1 Å². The van der Waals surface area contributed by atoms with Crippen molar-refractivity contribution in [2.45, 2.75) is 82.5 Å². The minimum absolute atomic E-state index is 0.0253. The molecule has 0 N–H and O–H groups in total. The zero-order valence-electron chi connectivity index (χ0n) is 45.3. The van der Waals surface area contributed by atoms with E-state index in [-0.39, 0.29) is 10.8 Å². The van der Waals surface area contributed by atoms with Gasteiger partial charge in [-0.05, 0) is 202 Å². The van der Waals surface area contributed by atoms with Gasteiger partial charge in [0.2, 0.25) is 0 Å². The predicted molar refractivity (Wildman–Crippen MR) is 327 cm³/mol. The summed E-state index contributed by atoms with van der Waals surface area (Å²) in [5.41, 5.74) is 16.4. The van der Waals surface area contributed by atoms with Gasteiger partial charge in [0.25, 0.3) is 0 Å². The van der Waals surface area contributed by atoms with Gasteiger partial charge in [0.05, 0.1) is 22.7 Å². The van der Waals surface area contributed by atoms with Crippen LogP contribution < -0.4 is 30.5 Å². The Kier molecular flexibility index (Phi) is 10.8. The van der Waals surface area contributed by atoms with Crippen molar-refractivity contribution in [2.75, 3.05) is 9.80 Å². The van der Waals surface area contributed by atoms with Crippen molar-refractivity contribution < 1.29 is 0 Å². The SMILES string of the molecule is C[C@@H]1CC2C[C@@H](C1)C[C@@H](C)C21c2ccccc2N(c2cc(-c3cccc([Si](c4ccccc4)(c4ccccc4)c4ccccc4)c3)cc(N3c4ccccc4C4(c5ccccc53)C3C[C@H]5C[C@@H](C3)C[C@@H]4C5)c2)c2ccccc21. The molecule has 3 heteroatoms. The van der Waals surface area contributed by atoms with Crippen LogP contribution in [0.2, 0.25) is 0 Å². The van der Waals surface area contributed by atoms with Crippen molar-refractivity contribution in [2.24, 2.45) is 47.3 Å². The lowest BCUT2D eigenvalue weighted by molar-refractivity contribution is -0.0419. The Morgan fingerprint density at radius 3 is 1.17 bits per heavy atom. The van der Waals surface area contributed by atoms with Crippen molar-refractivity contribution in [1.29, 1.82) is 0 Å². The Bertz CT molecular complexity index is 3520. The maximum absolute atomic E-state index is 2.85. The lowest BCUT2D eigenvalue weighted by Gasteiger charge is -2.64. The number of nitrogens with zero attached hydrogens (tertiary/aromatic N) is 2. The van der Waals surface area contributed by atoms with E-state index < -0.39 is 8.07 Å². The molecule has 6 saturated carbocycles. The van der Waals surface area contributed by atoms with Gasteiger partial charge in [0.1, 0.15) is 0 Å². The standard InChI is InChI=1S/C75H70N2Si/c1-50-37-52-39-51(2)74(57(38-50)41-52)66-29-12-16-33-70(66)76(71-34-17-13-30-67(71)74)60-46-56(55-21-20-28-65(48-55)78(62-22-6-3-7-23-62,63-24-8-4-9-25-63)64-26-10-5-11-27-64)47-61(49-60)77-72-35-18-14-31-68(72)75(69-32-15-19-36-73(69)77)58-42-53-40-54(44-58)45-59(75)43-53/h3-36,46-54,57-59H,37-45H2,1-2H3/t50-,51+,52-,53-,54+,57?,58-,59?/m0/s1. The Morgan fingerprint density at radius 2 is 0.705 bits per heavy atom. The molecule has 78 heavy (non-hydrogen) atoms. The van der Waals surface area contributed by atoms with Crippen molar-refractivity contribution in [3.8, 4) is 11.1 Å². The topological polar surface area (TPSA) is 6.48 Å². The highest BCUT2D eigenvalue weighted by Gasteiger charge is 2.62. The third kappa shape index (κ3) is 6.61. The summed E-state index contributed by atoms with van der Waals surface area (Å²) in [5, 5.41) is 5.55. The highest BCUT2D eigenvalue weighted by atomic mass is 28.3. The monoisotopic (exact) mass is 1030 g/mol. The second-order valence-electron chi connectivity index (χ2n) is 25.5. The fourth-order valence-electron chi connectivity index (χ4n) is 19.4. The van der Waals surface area contributed by atoms with Gasteiger partial charge in [0, 0.05) is 22.2 Å². The lowest BCUT2D eigenvalue weighted by atomic mass is 9.41. The van der Waals surface area contributed by atoms with Crippen LogP contribution in [0.3, 0.4) is 0 Å². The third-order valence-electron chi connectivity index (χ3n) is 21.6. The molecule has 4 atom stereocenters. The number of benzene rings is 9. The number of para-hydroxylation sites is 4. The molecule has 6 bridgehead atoms. The van der Waals surface area contributed by atoms with Gasteiger partial charge >= 0.3 is 0 Å². The average molecular weight is 1030 g/mol. The normalized spacial score (nSPS) is 25.5. The fourth-order valence-corrected chi connectivity index (χ4v) is 24.2. The first-order valence-electron chi connectivity index (χ1n) is 29.8. The van der Waals surface area contributed by atoms with Gasteiger partial charge in [-0.15, -0.1) is 0 Å². The van der Waals surface area contributed by atoms with Crippen LogP contribution in [0.15, 0.2) is 231 Å². The summed E-state index contributed by atoms with van der Waals surface area (Å²) in [7, 11) is -2.85. The molecule has 1 unspecified atom stereocenters. The summed E-state index contributed by atoms with van der Waals surface area (Å²) < 4.78 is 0. The molecule has 2 spiro atoms. The molecule has 9 aromatic carbocycles. The molecule has 2 nitrogen and oxygen atoms in total. The van der Waals surface area contributed by atoms with Crippen LogP contribution in [0.5, 0.6) is 0 Å². The number of fused-ring (bicyclic) bond motifs is 9. The largest absolute Gasteiger partial charge is 0.310 e. The highest BCUT2D eigenvalue weighted by molar-refractivity contribution is 7.19. The third-order valence-corrected chi connectivity index (χ3v) is 26.4. The van der Waals surface area contributed by atoms with Crippen LogP contribution >= 0.6 is 0 Å². The zero-order valence-corrected chi connectivity index (χ0v) is 46.3. The Hall–Kier alpha value is -7.20. The maximum Gasteiger partial charge on any atom is 0.179 e. The smallest absolute Gasteiger partial charge is 0.179 e.